The Morgan fingerprint density at radius 3 is 2.54 bits per heavy atom. The monoisotopic (exact) mass is 370 g/mol. The van der Waals surface area contributed by atoms with Crippen molar-refractivity contribution in [2.45, 2.75) is 13.5 Å². The minimum Gasteiger partial charge on any atom is -0.490 e. The zero-order valence-electron chi connectivity index (χ0n) is 15.8. The number of rotatable bonds is 6. The quantitative estimate of drug-likeness (QED) is 0.447. The lowest BCUT2D eigenvalue weighted by molar-refractivity contribution is 0.102. The molecule has 0 aliphatic heterocycles. The third-order valence-corrected chi connectivity index (χ3v) is 4.83. The number of carbonyl (C=O) groups excluding carboxylic acids is 1. The standard InChI is InChI=1S/C24H22N2O2/c1-3-15-28-19-12-9-17(10-13-19)24(27)25-18-11-14-23-21(16-18)20-7-5-6-8-22(20)26(23)4-2/h3,5-14,16H,1,4,15H2,2H3,(H,25,27). The zero-order chi connectivity index (χ0) is 19.5. The van der Waals surface area contributed by atoms with Crippen molar-refractivity contribution < 1.29 is 9.53 Å². The third-order valence-electron chi connectivity index (χ3n) is 4.83. The molecule has 0 saturated carbocycles. The summed E-state index contributed by atoms with van der Waals surface area (Å²) in [5, 5.41) is 5.34. The van der Waals surface area contributed by atoms with Gasteiger partial charge >= 0.3 is 0 Å². The molecule has 28 heavy (non-hydrogen) atoms. The van der Waals surface area contributed by atoms with Crippen molar-refractivity contribution in [1.29, 1.82) is 0 Å². The first-order chi connectivity index (χ1) is 13.7. The van der Waals surface area contributed by atoms with Crippen LogP contribution in [0.15, 0.2) is 79.4 Å². The number of ether oxygens (including phenoxy) is 1. The van der Waals surface area contributed by atoms with Crippen LogP contribution in [0.4, 0.5) is 5.69 Å². The fourth-order valence-electron chi connectivity index (χ4n) is 3.53. The van der Waals surface area contributed by atoms with Crippen molar-refractivity contribution in [3.63, 3.8) is 0 Å². The van der Waals surface area contributed by atoms with Gasteiger partial charge in [0, 0.05) is 39.6 Å². The number of aromatic nitrogens is 1. The van der Waals surface area contributed by atoms with E-state index in [2.05, 4.69) is 47.7 Å². The van der Waals surface area contributed by atoms with Crippen LogP contribution in [-0.2, 0) is 6.54 Å². The number of anilines is 1. The summed E-state index contributed by atoms with van der Waals surface area (Å²) in [6, 6.07) is 21.5. The average molecular weight is 370 g/mol. The molecule has 4 aromatic rings. The molecule has 1 aromatic heterocycles. The molecule has 1 N–H and O–H groups in total. The smallest absolute Gasteiger partial charge is 0.255 e. The van der Waals surface area contributed by atoms with Crippen LogP contribution in [0.1, 0.15) is 17.3 Å². The minimum atomic E-state index is -0.145. The molecule has 0 fully saturated rings. The number of nitrogens with one attached hydrogen (secondary N) is 1. The second kappa shape index (κ2) is 7.61. The van der Waals surface area contributed by atoms with Crippen LogP contribution >= 0.6 is 0 Å². The minimum absolute atomic E-state index is 0.145. The predicted octanol–water partition coefficient (Wildman–Crippen LogP) is 5.63. The average Bonchev–Trinajstić information content (AvgIpc) is 3.05. The highest BCUT2D eigenvalue weighted by Gasteiger charge is 2.11. The van der Waals surface area contributed by atoms with Crippen molar-refractivity contribution in [1.82, 2.24) is 4.57 Å². The van der Waals surface area contributed by atoms with E-state index in [0.29, 0.717) is 17.9 Å². The van der Waals surface area contributed by atoms with Crippen LogP contribution in [0.25, 0.3) is 21.8 Å². The molecule has 0 unspecified atom stereocenters. The van der Waals surface area contributed by atoms with Gasteiger partial charge in [-0.1, -0.05) is 30.9 Å². The number of benzene rings is 3. The number of fused-ring (bicyclic) bond motifs is 3. The molecule has 4 nitrogen and oxygen atoms in total. The van der Waals surface area contributed by atoms with E-state index in [1.165, 1.54) is 16.4 Å². The fraction of sp³-hybridized carbons (Fsp3) is 0.125. The molecule has 0 radical (unpaired) electrons. The largest absolute Gasteiger partial charge is 0.490 e. The Kier molecular flexibility index (Phi) is 4.85. The summed E-state index contributed by atoms with van der Waals surface area (Å²) in [5.41, 5.74) is 3.74. The molecule has 0 atom stereocenters. The summed E-state index contributed by atoms with van der Waals surface area (Å²) < 4.78 is 7.75. The number of amides is 1. The van der Waals surface area contributed by atoms with E-state index < -0.39 is 0 Å². The van der Waals surface area contributed by atoms with E-state index >= 15 is 0 Å². The van der Waals surface area contributed by atoms with Gasteiger partial charge in [0.2, 0.25) is 0 Å². The van der Waals surface area contributed by atoms with Crippen molar-refractivity contribution in [3.05, 3.63) is 84.9 Å². The molecule has 0 spiro atoms. The number of carbonyl (C=O) groups is 1. The lowest BCUT2D eigenvalue weighted by Gasteiger charge is -2.08. The molecule has 140 valence electrons. The Hall–Kier alpha value is -3.53. The highest BCUT2D eigenvalue weighted by molar-refractivity contribution is 6.11. The summed E-state index contributed by atoms with van der Waals surface area (Å²) in [6.45, 7) is 7.11. The molecule has 3 aromatic carbocycles. The van der Waals surface area contributed by atoms with Crippen molar-refractivity contribution >= 4 is 33.4 Å². The summed E-state index contributed by atoms with van der Waals surface area (Å²) in [4.78, 5) is 12.6. The van der Waals surface area contributed by atoms with Gasteiger partial charge in [0.15, 0.2) is 0 Å². The van der Waals surface area contributed by atoms with Gasteiger partial charge in [0.1, 0.15) is 12.4 Å². The molecule has 4 heteroatoms. The van der Waals surface area contributed by atoms with Gasteiger partial charge in [-0.15, -0.1) is 0 Å². The van der Waals surface area contributed by atoms with E-state index in [0.717, 1.165) is 17.6 Å². The van der Waals surface area contributed by atoms with Gasteiger partial charge in [0.05, 0.1) is 0 Å². The van der Waals surface area contributed by atoms with Crippen LogP contribution in [0, 0.1) is 0 Å². The number of aryl methyl sites for hydroxylation is 1. The van der Waals surface area contributed by atoms with Crippen LogP contribution in [0.2, 0.25) is 0 Å². The number of hydrogen-bond acceptors (Lipinski definition) is 2. The van der Waals surface area contributed by atoms with Crippen LogP contribution in [0.5, 0.6) is 5.75 Å². The molecular weight excluding hydrogens is 348 g/mol. The van der Waals surface area contributed by atoms with Gasteiger partial charge in [-0.05, 0) is 55.5 Å². The summed E-state index contributed by atoms with van der Waals surface area (Å²) in [7, 11) is 0. The summed E-state index contributed by atoms with van der Waals surface area (Å²) in [6.07, 6.45) is 1.69. The molecule has 0 aliphatic rings. The molecular formula is C24H22N2O2. The highest BCUT2D eigenvalue weighted by atomic mass is 16.5. The molecule has 0 aliphatic carbocycles. The Balaban J connectivity index is 1.62. The lowest BCUT2D eigenvalue weighted by Crippen LogP contribution is -2.11. The van der Waals surface area contributed by atoms with Crippen molar-refractivity contribution in [2.24, 2.45) is 0 Å². The highest BCUT2D eigenvalue weighted by Crippen LogP contribution is 2.31. The Morgan fingerprint density at radius 1 is 1.04 bits per heavy atom. The van der Waals surface area contributed by atoms with E-state index in [9.17, 15) is 4.79 Å². The topological polar surface area (TPSA) is 43.3 Å². The van der Waals surface area contributed by atoms with Crippen LogP contribution in [0.3, 0.4) is 0 Å². The number of hydrogen-bond donors (Lipinski definition) is 1. The van der Waals surface area contributed by atoms with E-state index in [4.69, 9.17) is 4.74 Å². The van der Waals surface area contributed by atoms with Gasteiger partial charge < -0.3 is 14.6 Å². The Bertz CT molecular complexity index is 1160. The van der Waals surface area contributed by atoms with Gasteiger partial charge in [-0.25, -0.2) is 0 Å². The maximum Gasteiger partial charge on any atom is 0.255 e. The van der Waals surface area contributed by atoms with E-state index in [-0.39, 0.29) is 5.91 Å². The molecule has 1 amide bonds. The first kappa shape index (κ1) is 17.9. The normalized spacial score (nSPS) is 10.9. The Labute approximate surface area is 164 Å². The summed E-state index contributed by atoms with van der Waals surface area (Å²) >= 11 is 0. The number of nitrogens with zero attached hydrogens (tertiary/aromatic N) is 1. The number of para-hydroxylation sites is 1. The maximum atomic E-state index is 12.6. The van der Waals surface area contributed by atoms with Crippen molar-refractivity contribution in [3.8, 4) is 5.75 Å². The second-order valence-electron chi connectivity index (χ2n) is 6.57. The van der Waals surface area contributed by atoms with Crippen LogP contribution < -0.4 is 10.1 Å². The van der Waals surface area contributed by atoms with E-state index in [1.807, 2.05) is 18.2 Å². The Morgan fingerprint density at radius 2 is 1.79 bits per heavy atom. The summed E-state index contributed by atoms with van der Waals surface area (Å²) in [5.74, 6) is 0.569. The predicted molar refractivity (Wildman–Crippen MR) is 115 cm³/mol. The molecule has 1 heterocycles. The van der Waals surface area contributed by atoms with E-state index in [1.54, 1.807) is 30.3 Å². The van der Waals surface area contributed by atoms with Gasteiger partial charge in [-0.2, -0.15) is 0 Å². The fourth-order valence-corrected chi connectivity index (χ4v) is 3.53. The first-order valence-corrected chi connectivity index (χ1v) is 9.37. The molecule has 0 bridgehead atoms. The maximum absolute atomic E-state index is 12.6. The second-order valence-corrected chi connectivity index (χ2v) is 6.57. The zero-order valence-corrected chi connectivity index (χ0v) is 15.8. The third kappa shape index (κ3) is 3.25. The SMILES string of the molecule is C=CCOc1ccc(C(=O)Nc2ccc3c(c2)c2ccccc2n3CC)cc1. The lowest BCUT2D eigenvalue weighted by atomic mass is 10.1. The van der Waals surface area contributed by atoms with Gasteiger partial charge in [0.25, 0.3) is 5.91 Å². The van der Waals surface area contributed by atoms with Crippen LogP contribution in [-0.4, -0.2) is 17.1 Å². The first-order valence-electron chi connectivity index (χ1n) is 9.37. The molecule has 0 saturated heterocycles. The molecule has 4 rings (SSSR count). The van der Waals surface area contributed by atoms with Gasteiger partial charge in [-0.3, -0.25) is 4.79 Å². The van der Waals surface area contributed by atoms with Crippen molar-refractivity contribution in [2.75, 3.05) is 11.9 Å².